The molecule has 0 aliphatic carbocycles. The number of hydrogen-bond acceptors (Lipinski definition) is 7. The Kier molecular flexibility index (Phi) is 6.06. The normalized spacial score (nSPS) is 14.4. The molecule has 0 atom stereocenters. The Balaban J connectivity index is 1.79. The minimum absolute atomic E-state index is 0.182. The van der Waals surface area contributed by atoms with Gasteiger partial charge in [0, 0.05) is 5.56 Å². The molecule has 3 rings (SSSR count). The summed E-state index contributed by atoms with van der Waals surface area (Å²) in [5.74, 6) is 0.0725. The Morgan fingerprint density at radius 2 is 1.93 bits per heavy atom. The van der Waals surface area contributed by atoms with Crippen LogP contribution < -0.4 is 9.47 Å². The monoisotopic (exact) mass is 381 g/mol. The molecule has 1 heterocycles. The van der Waals surface area contributed by atoms with Crippen molar-refractivity contribution in [2.24, 2.45) is 4.99 Å². The maximum atomic E-state index is 12.1. The number of carbonyl (C=O) groups excluding carboxylic acids is 2. The second kappa shape index (κ2) is 8.85. The van der Waals surface area contributed by atoms with Crippen LogP contribution >= 0.6 is 0 Å². The molecule has 2 aromatic rings. The average Bonchev–Trinajstić information content (AvgIpc) is 3.08. The molecule has 0 bridgehead atoms. The maximum absolute atomic E-state index is 12.1. The molecule has 0 N–H and O–H groups in total. The van der Waals surface area contributed by atoms with Crippen LogP contribution in [-0.4, -0.2) is 38.2 Å². The Morgan fingerprint density at radius 1 is 1.14 bits per heavy atom. The molecule has 0 saturated carbocycles. The maximum Gasteiger partial charge on any atom is 0.363 e. The van der Waals surface area contributed by atoms with E-state index in [1.807, 2.05) is 30.3 Å². The van der Waals surface area contributed by atoms with Gasteiger partial charge in [-0.3, -0.25) is 0 Å². The molecule has 7 nitrogen and oxygen atoms in total. The van der Waals surface area contributed by atoms with Crippen molar-refractivity contribution in [3.8, 4) is 11.5 Å². The fraction of sp³-hybridized carbons (Fsp3) is 0.190. The number of ether oxygens (including phenoxy) is 4. The number of nitrogens with zero attached hydrogens (tertiary/aromatic N) is 1. The summed E-state index contributed by atoms with van der Waals surface area (Å²) in [4.78, 5) is 27.8. The summed E-state index contributed by atoms with van der Waals surface area (Å²) in [5, 5.41) is 0. The third-order valence-corrected chi connectivity index (χ3v) is 3.78. The van der Waals surface area contributed by atoms with Crippen molar-refractivity contribution in [2.75, 3.05) is 20.3 Å². The topological polar surface area (TPSA) is 83.4 Å². The highest BCUT2D eigenvalue weighted by molar-refractivity contribution is 6.12. The van der Waals surface area contributed by atoms with E-state index in [4.69, 9.17) is 18.9 Å². The van der Waals surface area contributed by atoms with E-state index >= 15 is 0 Å². The van der Waals surface area contributed by atoms with Crippen molar-refractivity contribution in [1.82, 2.24) is 0 Å². The summed E-state index contributed by atoms with van der Waals surface area (Å²) < 4.78 is 20.8. The summed E-state index contributed by atoms with van der Waals surface area (Å²) >= 11 is 0. The number of benzene rings is 2. The lowest BCUT2D eigenvalue weighted by Crippen LogP contribution is -2.14. The minimum Gasteiger partial charge on any atom is -0.493 e. The number of rotatable bonds is 7. The second-order valence-corrected chi connectivity index (χ2v) is 5.71. The van der Waals surface area contributed by atoms with Crippen molar-refractivity contribution >= 4 is 23.9 Å². The van der Waals surface area contributed by atoms with E-state index in [1.165, 1.54) is 7.11 Å². The minimum atomic E-state index is -0.527. The van der Waals surface area contributed by atoms with Crippen molar-refractivity contribution in [3.05, 3.63) is 65.4 Å². The van der Waals surface area contributed by atoms with E-state index in [2.05, 4.69) is 4.99 Å². The number of aliphatic imine (C=N–C) groups is 1. The fourth-order valence-electron chi connectivity index (χ4n) is 2.50. The quantitative estimate of drug-likeness (QED) is 0.542. The highest BCUT2D eigenvalue weighted by Gasteiger charge is 2.24. The first-order valence-corrected chi connectivity index (χ1v) is 8.65. The lowest BCUT2D eigenvalue weighted by atomic mass is 10.1. The van der Waals surface area contributed by atoms with Crippen LogP contribution in [0.5, 0.6) is 11.5 Å². The summed E-state index contributed by atoms with van der Waals surface area (Å²) in [7, 11) is 1.49. The SMILES string of the molecule is CCOC(=O)COc1ccc(C=C2N=C(c3ccccc3)OC2=O)cc1OC. The third kappa shape index (κ3) is 4.56. The van der Waals surface area contributed by atoms with Gasteiger partial charge in [-0.05, 0) is 42.8 Å². The van der Waals surface area contributed by atoms with Gasteiger partial charge in [-0.1, -0.05) is 24.3 Å². The van der Waals surface area contributed by atoms with Crippen LogP contribution in [0.4, 0.5) is 0 Å². The number of carbonyl (C=O) groups is 2. The highest BCUT2D eigenvalue weighted by Crippen LogP contribution is 2.29. The van der Waals surface area contributed by atoms with E-state index in [-0.39, 0.29) is 24.8 Å². The van der Waals surface area contributed by atoms with E-state index in [1.54, 1.807) is 31.2 Å². The molecule has 1 aliphatic heterocycles. The Morgan fingerprint density at radius 3 is 2.64 bits per heavy atom. The first-order valence-electron chi connectivity index (χ1n) is 8.65. The van der Waals surface area contributed by atoms with E-state index < -0.39 is 11.9 Å². The molecule has 7 heteroatoms. The van der Waals surface area contributed by atoms with E-state index in [0.29, 0.717) is 17.1 Å². The molecule has 0 fully saturated rings. The molecule has 0 unspecified atom stereocenters. The lowest BCUT2D eigenvalue weighted by molar-refractivity contribution is -0.145. The van der Waals surface area contributed by atoms with E-state index in [0.717, 1.165) is 5.56 Å². The largest absolute Gasteiger partial charge is 0.493 e. The van der Waals surface area contributed by atoms with Crippen molar-refractivity contribution in [1.29, 1.82) is 0 Å². The van der Waals surface area contributed by atoms with Crippen LogP contribution in [-0.2, 0) is 19.1 Å². The number of cyclic esters (lactones) is 1. The molecule has 28 heavy (non-hydrogen) atoms. The molecule has 0 radical (unpaired) electrons. The van der Waals surface area contributed by atoms with Crippen molar-refractivity contribution in [3.63, 3.8) is 0 Å². The third-order valence-electron chi connectivity index (χ3n) is 3.78. The fourth-order valence-corrected chi connectivity index (χ4v) is 2.50. The van der Waals surface area contributed by atoms with Gasteiger partial charge in [0.25, 0.3) is 0 Å². The molecular weight excluding hydrogens is 362 g/mol. The predicted molar refractivity (Wildman–Crippen MR) is 102 cm³/mol. The van der Waals surface area contributed by atoms with E-state index in [9.17, 15) is 9.59 Å². The summed E-state index contributed by atoms with van der Waals surface area (Å²) in [6.45, 7) is 1.79. The zero-order valence-electron chi connectivity index (χ0n) is 15.5. The molecule has 0 spiro atoms. The van der Waals surface area contributed by atoms with Gasteiger partial charge in [-0.15, -0.1) is 0 Å². The first-order chi connectivity index (χ1) is 13.6. The molecule has 0 aromatic heterocycles. The van der Waals surface area contributed by atoms with Crippen molar-refractivity contribution in [2.45, 2.75) is 6.92 Å². The highest BCUT2D eigenvalue weighted by atomic mass is 16.6. The summed E-state index contributed by atoms with van der Waals surface area (Å²) in [6, 6.07) is 14.2. The van der Waals surface area contributed by atoms with Gasteiger partial charge in [0.05, 0.1) is 13.7 Å². The van der Waals surface area contributed by atoms with Crippen LogP contribution in [0.2, 0.25) is 0 Å². The first kappa shape index (κ1) is 19.2. The number of esters is 2. The zero-order valence-corrected chi connectivity index (χ0v) is 15.5. The zero-order chi connectivity index (χ0) is 19.9. The van der Waals surface area contributed by atoms with Crippen LogP contribution in [0.25, 0.3) is 6.08 Å². The average molecular weight is 381 g/mol. The Hall–Kier alpha value is -3.61. The van der Waals surface area contributed by atoms with Gasteiger partial charge >= 0.3 is 11.9 Å². The summed E-state index contributed by atoms with van der Waals surface area (Å²) in [5.41, 5.74) is 1.57. The van der Waals surface area contributed by atoms with Crippen LogP contribution in [0.3, 0.4) is 0 Å². The second-order valence-electron chi connectivity index (χ2n) is 5.71. The van der Waals surface area contributed by atoms with Gasteiger partial charge < -0.3 is 18.9 Å². The van der Waals surface area contributed by atoms with Crippen LogP contribution in [0, 0.1) is 0 Å². The summed E-state index contributed by atoms with van der Waals surface area (Å²) in [6.07, 6.45) is 1.59. The number of methoxy groups -OCH3 is 1. The number of hydrogen-bond donors (Lipinski definition) is 0. The van der Waals surface area contributed by atoms with Gasteiger partial charge in [0.1, 0.15) is 0 Å². The Bertz CT molecular complexity index is 933. The van der Waals surface area contributed by atoms with Gasteiger partial charge in [-0.25, -0.2) is 14.6 Å². The van der Waals surface area contributed by atoms with Gasteiger partial charge in [0.2, 0.25) is 5.90 Å². The lowest BCUT2D eigenvalue weighted by Gasteiger charge is -2.10. The molecule has 1 aliphatic rings. The van der Waals surface area contributed by atoms with Gasteiger partial charge in [-0.2, -0.15) is 0 Å². The Labute approximate surface area is 162 Å². The van der Waals surface area contributed by atoms with Crippen LogP contribution in [0.1, 0.15) is 18.1 Å². The molecule has 2 aromatic carbocycles. The molecular formula is C21H19NO6. The standard InChI is InChI=1S/C21H19NO6/c1-3-26-19(23)13-27-17-10-9-14(12-18(17)25-2)11-16-21(24)28-20(22-16)15-7-5-4-6-8-15/h4-12H,3,13H2,1-2H3. The van der Waals surface area contributed by atoms with Crippen LogP contribution in [0.15, 0.2) is 59.2 Å². The van der Waals surface area contributed by atoms with Gasteiger partial charge in [0.15, 0.2) is 23.8 Å². The molecule has 144 valence electrons. The molecule has 0 amide bonds. The van der Waals surface area contributed by atoms with Crippen molar-refractivity contribution < 1.29 is 28.5 Å². The predicted octanol–water partition coefficient (Wildman–Crippen LogP) is 2.98. The molecule has 0 saturated heterocycles. The smallest absolute Gasteiger partial charge is 0.363 e.